The minimum absolute atomic E-state index is 0.275. The SMILES string of the molecule is NC1[C@H]2CC[C@@H]1[C@]13CCCC[C@@]1(C2)O3. The van der Waals surface area contributed by atoms with Crippen LogP contribution in [-0.4, -0.2) is 17.2 Å². The first-order valence-corrected chi connectivity index (χ1v) is 6.23. The molecule has 78 valence electrons. The third-order valence-corrected chi connectivity index (χ3v) is 5.53. The monoisotopic (exact) mass is 193 g/mol. The van der Waals surface area contributed by atoms with Gasteiger partial charge in [-0.05, 0) is 38.0 Å². The molecular formula is C12H19NO. The zero-order valence-corrected chi connectivity index (χ0v) is 8.67. The zero-order valence-electron chi connectivity index (χ0n) is 8.67. The summed E-state index contributed by atoms with van der Waals surface area (Å²) in [4.78, 5) is 0. The standard InChI is InChI=1S/C12H19NO/c13-10-8-3-4-9(10)12-6-2-1-5-11(12,7-8)14-12/h8-10H,1-7,13H2/t8-,9-,10?,11-,12+/m0/s1. The normalized spacial score (nSPS) is 64.5. The van der Waals surface area contributed by atoms with Crippen molar-refractivity contribution in [3.63, 3.8) is 0 Å². The molecule has 14 heavy (non-hydrogen) atoms. The smallest absolute Gasteiger partial charge is 0.102 e. The Balaban J connectivity index is 1.77. The fraction of sp³-hybridized carbons (Fsp3) is 1.00. The summed E-state index contributed by atoms with van der Waals surface area (Å²) in [6.45, 7) is 0. The zero-order chi connectivity index (χ0) is 9.39. The van der Waals surface area contributed by atoms with E-state index in [0.29, 0.717) is 17.6 Å². The molecule has 0 spiro atoms. The molecule has 0 amide bonds. The average Bonchev–Trinajstić information content (AvgIpc) is 2.76. The fourth-order valence-electron chi connectivity index (χ4n) is 4.89. The summed E-state index contributed by atoms with van der Waals surface area (Å²) >= 11 is 0. The van der Waals surface area contributed by atoms with Gasteiger partial charge in [0.1, 0.15) is 5.60 Å². The van der Waals surface area contributed by atoms with Crippen molar-refractivity contribution in [3.8, 4) is 0 Å². The van der Waals surface area contributed by atoms with Gasteiger partial charge in [0.2, 0.25) is 0 Å². The molecule has 1 aliphatic heterocycles. The molecule has 2 heteroatoms. The topological polar surface area (TPSA) is 38.5 Å². The van der Waals surface area contributed by atoms with Crippen LogP contribution in [-0.2, 0) is 4.74 Å². The van der Waals surface area contributed by atoms with E-state index in [9.17, 15) is 0 Å². The van der Waals surface area contributed by atoms with Gasteiger partial charge in [0.05, 0.1) is 5.60 Å². The Labute approximate surface area is 85.2 Å². The highest BCUT2D eigenvalue weighted by atomic mass is 16.6. The van der Waals surface area contributed by atoms with Gasteiger partial charge in [0.25, 0.3) is 0 Å². The second kappa shape index (κ2) is 2.19. The van der Waals surface area contributed by atoms with E-state index in [1.807, 2.05) is 0 Å². The van der Waals surface area contributed by atoms with Crippen molar-refractivity contribution in [1.29, 1.82) is 0 Å². The molecule has 2 N–H and O–H groups in total. The third-order valence-electron chi connectivity index (χ3n) is 5.53. The molecule has 0 aromatic carbocycles. The Morgan fingerprint density at radius 2 is 2.00 bits per heavy atom. The lowest BCUT2D eigenvalue weighted by atomic mass is 9.64. The molecule has 1 heterocycles. The van der Waals surface area contributed by atoms with Crippen LogP contribution in [0.1, 0.15) is 44.9 Å². The molecular weight excluding hydrogens is 174 g/mol. The molecule has 4 fully saturated rings. The van der Waals surface area contributed by atoms with Crippen LogP contribution in [0.15, 0.2) is 0 Å². The lowest BCUT2D eigenvalue weighted by Crippen LogP contribution is -2.50. The molecule has 0 radical (unpaired) electrons. The van der Waals surface area contributed by atoms with E-state index in [2.05, 4.69) is 0 Å². The van der Waals surface area contributed by atoms with Crippen LogP contribution in [0.3, 0.4) is 0 Å². The van der Waals surface area contributed by atoms with Gasteiger partial charge in [-0.1, -0.05) is 12.8 Å². The number of nitrogens with two attached hydrogens (primary N) is 1. The highest BCUT2D eigenvalue weighted by Gasteiger charge is 2.77. The summed E-state index contributed by atoms with van der Waals surface area (Å²) in [6.07, 6.45) is 9.38. The van der Waals surface area contributed by atoms with Crippen molar-refractivity contribution in [3.05, 3.63) is 0 Å². The van der Waals surface area contributed by atoms with E-state index in [-0.39, 0.29) is 5.60 Å². The van der Waals surface area contributed by atoms with Crippen LogP contribution in [0.4, 0.5) is 0 Å². The first-order chi connectivity index (χ1) is 6.78. The van der Waals surface area contributed by atoms with Crippen LogP contribution < -0.4 is 5.73 Å². The second-order valence-corrected chi connectivity index (χ2v) is 5.92. The van der Waals surface area contributed by atoms with Crippen molar-refractivity contribution in [2.24, 2.45) is 17.6 Å². The summed E-state index contributed by atoms with van der Waals surface area (Å²) in [5, 5.41) is 0. The van der Waals surface area contributed by atoms with Crippen LogP contribution >= 0.6 is 0 Å². The largest absolute Gasteiger partial charge is 0.362 e. The van der Waals surface area contributed by atoms with E-state index >= 15 is 0 Å². The van der Waals surface area contributed by atoms with Gasteiger partial charge in [0, 0.05) is 12.0 Å². The predicted molar refractivity (Wildman–Crippen MR) is 53.8 cm³/mol. The molecule has 2 bridgehead atoms. The summed E-state index contributed by atoms with van der Waals surface area (Å²) < 4.78 is 6.24. The van der Waals surface area contributed by atoms with Crippen LogP contribution in [0.2, 0.25) is 0 Å². The van der Waals surface area contributed by atoms with E-state index < -0.39 is 0 Å². The number of epoxide rings is 1. The van der Waals surface area contributed by atoms with Crippen molar-refractivity contribution in [2.45, 2.75) is 62.2 Å². The van der Waals surface area contributed by atoms with Gasteiger partial charge in [-0.2, -0.15) is 0 Å². The Kier molecular flexibility index (Phi) is 1.27. The molecule has 3 aliphatic carbocycles. The molecule has 0 aromatic rings. The van der Waals surface area contributed by atoms with Crippen LogP contribution in [0, 0.1) is 11.8 Å². The highest BCUT2D eigenvalue weighted by Crippen LogP contribution is 2.70. The number of rotatable bonds is 0. The maximum Gasteiger partial charge on any atom is 0.102 e. The maximum absolute atomic E-state index is 6.32. The minimum Gasteiger partial charge on any atom is -0.362 e. The second-order valence-electron chi connectivity index (χ2n) is 5.92. The summed E-state index contributed by atoms with van der Waals surface area (Å²) in [5.41, 5.74) is 6.92. The lowest BCUT2D eigenvalue weighted by molar-refractivity contribution is 0.178. The van der Waals surface area contributed by atoms with Crippen molar-refractivity contribution < 1.29 is 4.74 Å². The highest BCUT2D eigenvalue weighted by molar-refractivity contribution is 5.27. The van der Waals surface area contributed by atoms with E-state index in [1.165, 1.54) is 44.9 Å². The first-order valence-electron chi connectivity index (χ1n) is 6.23. The summed E-state index contributed by atoms with van der Waals surface area (Å²) in [5.74, 6) is 1.50. The van der Waals surface area contributed by atoms with Gasteiger partial charge in [-0.25, -0.2) is 0 Å². The van der Waals surface area contributed by atoms with Gasteiger partial charge in [-0.15, -0.1) is 0 Å². The minimum atomic E-state index is 0.275. The van der Waals surface area contributed by atoms with Crippen molar-refractivity contribution in [1.82, 2.24) is 0 Å². The van der Waals surface area contributed by atoms with Gasteiger partial charge >= 0.3 is 0 Å². The lowest BCUT2D eigenvalue weighted by Gasteiger charge is -2.38. The molecule has 1 saturated heterocycles. The Morgan fingerprint density at radius 3 is 2.93 bits per heavy atom. The van der Waals surface area contributed by atoms with Crippen LogP contribution in [0.25, 0.3) is 0 Å². The molecule has 1 unspecified atom stereocenters. The molecule has 0 aromatic heterocycles. The number of hydrogen-bond acceptors (Lipinski definition) is 2. The van der Waals surface area contributed by atoms with E-state index in [0.717, 1.165) is 5.92 Å². The Morgan fingerprint density at radius 1 is 1.14 bits per heavy atom. The number of ether oxygens (including phenoxy) is 1. The summed E-state index contributed by atoms with van der Waals surface area (Å²) in [6, 6.07) is 0.462. The van der Waals surface area contributed by atoms with Gasteiger partial charge in [0.15, 0.2) is 0 Å². The predicted octanol–water partition coefficient (Wildman–Crippen LogP) is 1.83. The fourth-order valence-corrected chi connectivity index (χ4v) is 4.89. The van der Waals surface area contributed by atoms with Gasteiger partial charge < -0.3 is 10.5 Å². The van der Waals surface area contributed by atoms with E-state index in [4.69, 9.17) is 10.5 Å². The Bertz CT molecular complexity index is 292. The van der Waals surface area contributed by atoms with Crippen LogP contribution in [0.5, 0.6) is 0 Å². The molecule has 4 rings (SSSR count). The van der Waals surface area contributed by atoms with Crippen molar-refractivity contribution >= 4 is 0 Å². The summed E-state index contributed by atoms with van der Waals surface area (Å²) in [7, 11) is 0. The van der Waals surface area contributed by atoms with E-state index in [1.54, 1.807) is 0 Å². The quantitative estimate of drug-likeness (QED) is 0.596. The number of hydrogen-bond donors (Lipinski definition) is 1. The molecule has 3 saturated carbocycles. The number of fused-ring (bicyclic) bond motifs is 2. The molecule has 5 atom stereocenters. The average molecular weight is 193 g/mol. The maximum atomic E-state index is 6.32. The Hall–Kier alpha value is -0.0800. The molecule has 2 nitrogen and oxygen atoms in total. The third kappa shape index (κ3) is 0.674. The molecule has 4 aliphatic rings. The first kappa shape index (κ1) is 8.12. The van der Waals surface area contributed by atoms with Gasteiger partial charge in [-0.3, -0.25) is 0 Å². The van der Waals surface area contributed by atoms with Crippen molar-refractivity contribution in [2.75, 3.05) is 0 Å².